The van der Waals surface area contributed by atoms with E-state index in [0.717, 1.165) is 10.4 Å². The van der Waals surface area contributed by atoms with E-state index in [0.29, 0.717) is 28.1 Å². The molecule has 0 atom stereocenters. The smallest absolute Gasteiger partial charge is 0.420 e. The molecule has 1 aromatic carbocycles. The molecule has 0 aliphatic heterocycles. The average Bonchev–Trinajstić information content (AvgIpc) is 3.11. The van der Waals surface area contributed by atoms with Gasteiger partial charge in [-0.2, -0.15) is 0 Å². The van der Waals surface area contributed by atoms with Gasteiger partial charge in [-0.1, -0.05) is 19.1 Å². The number of esters is 1. The highest BCUT2D eigenvalue weighted by atomic mass is 32.1. The van der Waals surface area contributed by atoms with Gasteiger partial charge in [-0.3, -0.25) is 9.36 Å². The summed E-state index contributed by atoms with van der Waals surface area (Å²) < 4.78 is 11.5. The minimum absolute atomic E-state index is 0.212. The molecule has 8 heteroatoms. The number of thiophene rings is 1. The first-order valence-corrected chi connectivity index (χ1v) is 9.45. The molecule has 7 nitrogen and oxygen atoms in total. The van der Waals surface area contributed by atoms with Crippen molar-refractivity contribution < 1.29 is 18.7 Å². The van der Waals surface area contributed by atoms with Gasteiger partial charge in [-0.25, -0.2) is 9.59 Å². The number of hydrogen-bond acceptors (Lipinski definition) is 6. The number of anilines is 1. The maximum atomic E-state index is 12.6. The predicted molar refractivity (Wildman–Crippen MR) is 103 cm³/mol. The van der Waals surface area contributed by atoms with Crippen LogP contribution in [0.5, 0.6) is 0 Å². The number of fused-ring (bicyclic) bond motifs is 1. The predicted octanol–water partition coefficient (Wildman–Crippen LogP) is 3.34. The molecule has 0 saturated carbocycles. The Balaban J connectivity index is 1.89. The van der Waals surface area contributed by atoms with Crippen LogP contribution >= 0.6 is 11.3 Å². The molecule has 0 aliphatic carbocycles. The Labute approximate surface area is 159 Å². The molecule has 0 unspecified atom stereocenters. The minimum Gasteiger partial charge on any atom is -0.462 e. The number of hydrogen-bond donors (Lipinski definition) is 1. The van der Waals surface area contributed by atoms with Crippen LogP contribution in [-0.4, -0.2) is 23.1 Å². The zero-order valence-corrected chi connectivity index (χ0v) is 16.1. The summed E-state index contributed by atoms with van der Waals surface area (Å²) in [4.78, 5) is 37.9. The number of carbonyl (C=O) groups is 2. The summed E-state index contributed by atoms with van der Waals surface area (Å²) in [5, 5.41) is 3.19. The van der Waals surface area contributed by atoms with Gasteiger partial charge in [0.25, 0.3) is 0 Å². The Hall–Kier alpha value is -2.87. The molecule has 3 rings (SSSR count). The molecule has 1 amide bonds. The Morgan fingerprint density at radius 2 is 2.00 bits per heavy atom. The fourth-order valence-electron chi connectivity index (χ4n) is 2.99. The molecule has 0 aliphatic rings. The average molecular weight is 388 g/mol. The number of amides is 1. The van der Waals surface area contributed by atoms with E-state index in [-0.39, 0.29) is 13.2 Å². The number of ether oxygens (including phenoxy) is 1. The van der Waals surface area contributed by atoms with E-state index in [1.165, 1.54) is 15.9 Å². The number of carbonyl (C=O) groups excluding carboxylic acids is 2. The largest absolute Gasteiger partial charge is 0.462 e. The molecule has 0 spiro atoms. The molecular weight excluding hydrogens is 368 g/mol. The number of rotatable bonds is 6. The number of para-hydroxylation sites is 2. The van der Waals surface area contributed by atoms with Crippen molar-refractivity contribution in [2.24, 2.45) is 0 Å². The third-order valence-corrected chi connectivity index (χ3v) is 5.23. The highest BCUT2D eigenvalue weighted by molar-refractivity contribution is 7.16. The number of nitrogens with zero attached hydrogens (tertiary/aromatic N) is 1. The van der Waals surface area contributed by atoms with Crippen LogP contribution in [-0.2, 0) is 22.5 Å². The number of aryl methyl sites for hydroxylation is 1. The lowest BCUT2D eigenvalue weighted by Crippen LogP contribution is -2.25. The Morgan fingerprint density at radius 3 is 2.70 bits per heavy atom. The van der Waals surface area contributed by atoms with Crippen molar-refractivity contribution in [1.82, 2.24) is 4.57 Å². The number of oxazole rings is 1. The van der Waals surface area contributed by atoms with Crippen LogP contribution in [0.3, 0.4) is 0 Å². The summed E-state index contributed by atoms with van der Waals surface area (Å²) in [6, 6.07) is 6.89. The van der Waals surface area contributed by atoms with E-state index < -0.39 is 17.6 Å². The highest BCUT2D eigenvalue weighted by Crippen LogP contribution is 2.34. The van der Waals surface area contributed by atoms with Crippen LogP contribution in [0.15, 0.2) is 33.5 Å². The standard InChI is InChI=1S/C19H20N2O5S/c1-4-12-11(3)27-17(16(12)18(23)25-5-2)20-15(22)10-21-13-8-6-7-9-14(13)26-19(21)24/h6-9H,4-5,10H2,1-3H3,(H,20,22). The second-order valence-electron chi connectivity index (χ2n) is 5.88. The van der Waals surface area contributed by atoms with Gasteiger partial charge in [0, 0.05) is 4.88 Å². The van der Waals surface area contributed by atoms with Gasteiger partial charge in [0.05, 0.1) is 17.7 Å². The van der Waals surface area contributed by atoms with Crippen molar-refractivity contribution in [3.63, 3.8) is 0 Å². The molecule has 1 N–H and O–H groups in total. The Kier molecular flexibility index (Phi) is 5.46. The summed E-state index contributed by atoms with van der Waals surface area (Å²) >= 11 is 1.32. The Morgan fingerprint density at radius 1 is 1.26 bits per heavy atom. The zero-order valence-electron chi connectivity index (χ0n) is 15.3. The van der Waals surface area contributed by atoms with Crippen molar-refractivity contribution in [2.45, 2.75) is 33.7 Å². The molecule has 0 bridgehead atoms. The minimum atomic E-state index is -0.603. The lowest BCUT2D eigenvalue weighted by molar-refractivity contribution is -0.116. The highest BCUT2D eigenvalue weighted by Gasteiger charge is 2.24. The van der Waals surface area contributed by atoms with Crippen molar-refractivity contribution in [2.75, 3.05) is 11.9 Å². The first kappa shape index (κ1) is 18.9. The molecule has 3 aromatic rings. The maximum Gasteiger partial charge on any atom is 0.420 e. The quantitative estimate of drug-likeness (QED) is 0.654. The molecule has 27 heavy (non-hydrogen) atoms. The molecular formula is C19H20N2O5S. The molecule has 0 saturated heterocycles. The van der Waals surface area contributed by atoms with Gasteiger partial charge in [0.1, 0.15) is 11.5 Å². The zero-order chi connectivity index (χ0) is 19.6. The van der Waals surface area contributed by atoms with Crippen LogP contribution in [0.2, 0.25) is 0 Å². The third kappa shape index (κ3) is 3.66. The van der Waals surface area contributed by atoms with Crippen LogP contribution in [0.25, 0.3) is 11.1 Å². The fourth-order valence-corrected chi connectivity index (χ4v) is 4.13. The summed E-state index contributed by atoms with van der Waals surface area (Å²) in [7, 11) is 0. The summed E-state index contributed by atoms with van der Waals surface area (Å²) in [5.74, 6) is -1.48. The molecule has 2 heterocycles. The van der Waals surface area contributed by atoms with Gasteiger partial charge in [0.15, 0.2) is 5.58 Å². The van der Waals surface area contributed by atoms with E-state index in [9.17, 15) is 14.4 Å². The molecule has 142 valence electrons. The van der Waals surface area contributed by atoms with Gasteiger partial charge in [-0.15, -0.1) is 11.3 Å². The van der Waals surface area contributed by atoms with Crippen molar-refractivity contribution in [3.8, 4) is 0 Å². The van der Waals surface area contributed by atoms with Crippen LogP contribution in [0, 0.1) is 6.92 Å². The lowest BCUT2D eigenvalue weighted by atomic mass is 10.1. The van der Waals surface area contributed by atoms with E-state index in [1.54, 1.807) is 31.2 Å². The topological polar surface area (TPSA) is 90.5 Å². The van der Waals surface area contributed by atoms with Crippen LogP contribution < -0.4 is 11.1 Å². The van der Waals surface area contributed by atoms with E-state index in [1.807, 2.05) is 13.8 Å². The van der Waals surface area contributed by atoms with Gasteiger partial charge < -0.3 is 14.5 Å². The molecule has 2 aromatic heterocycles. The summed E-state index contributed by atoms with van der Waals surface area (Å²) in [5.41, 5.74) is 2.21. The van der Waals surface area contributed by atoms with E-state index in [2.05, 4.69) is 5.32 Å². The van der Waals surface area contributed by atoms with Crippen LogP contribution in [0.1, 0.15) is 34.6 Å². The van der Waals surface area contributed by atoms with Gasteiger partial charge in [-0.05, 0) is 38.0 Å². The Bertz CT molecular complexity index is 1060. The number of benzene rings is 1. The second kappa shape index (κ2) is 7.79. The van der Waals surface area contributed by atoms with Crippen molar-refractivity contribution in [1.29, 1.82) is 0 Å². The van der Waals surface area contributed by atoms with E-state index in [4.69, 9.17) is 9.15 Å². The van der Waals surface area contributed by atoms with Gasteiger partial charge in [0.2, 0.25) is 5.91 Å². The molecule has 0 radical (unpaired) electrons. The fraction of sp³-hybridized carbons (Fsp3) is 0.316. The van der Waals surface area contributed by atoms with Crippen molar-refractivity contribution >= 4 is 39.3 Å². The summed E-state index contributed by atoms with van der Waals surface area (Å²) in [6.45, 7) is 5.62. The SMILES string of the molecule is CCOC(=O)c1c(NC(=O)Cn2c(=O)oc3ccccc32)sc(C)c1CC. The lowest BCUT2D eigenvalue weighted by Gasteiger charge is -2.08. The second-order valence-corrected chi connectivity index (χ2v) is 7.11. The maximum absolute atomic E-state index is 12.6. The first-order chi connectivity index (χ1) is 13.0. The number of nitrogens with one attached hydrogen (secondary N) is 1. The monoisotopic (exact) mass is 388 g/mol. The number of aromatic nitrogens is 1. The normalized spacial score (nSPS) is 10.9. The van der Waals surface area contributed by atoms with Gasteiger partial charge >= 0.3 is 11.7 Å². The first-order valence-electron chi connectivity index (χ1n) is 8.63. The summed E-state index contributed by atoms with van der Waals surface area (Å²) in [6.07, 6.45) is 0.651. The third-order valence-electron chi connectivity index (χ3n) is 4.17. The van der Waals surface area contributed by atoms with Crippen LogP contribution in [0.4, 0.5) is 5.00 Å². The van der Waals surface area contributed by atoms with E-state index >= 15 is 0 Å². The molecule has 0 fully saturated rings. The van der Waals surface area contributed by atoms with Crippen molar-refractivity contribution in [3.05, 3.63) is 50.8 Å².